The summed E-state index contributed by atoms with van der Waals surface area (Å²) in [6.45, 7) is 0.692. The first-order chi connectivity index (χ1) is 11.7. The first kappa shape index (κ1) is 16.1. The number of nitrogens with one attached hydrogen (secondary N) is 1. The molecular weight excluding hydrogens is 326 g/mol. The highest BCUT2D eigenvalue weighted by Gasteiger charge is 2.17. The monoisotopic (exact) mass is 341 g/mol. The molecule has 2 heterocycles. The van der Waals surface area contributed by atoms with E-state index in [0.29, 0.717) is 29.6 Å². The van der Waals surface area contributed by atoms with Gasteiger partial charge < -0.3 is 14.6 Å². The molecule has 0 atom stereocenters. The van der Waals surface area contributed by atoms with Gasteiger partial charge in [-0.05, 0) is 36.4 Å². The lowest BCUT2D eigenvalue weighted by Crippen LogP contribution is -2.34. The predicted molar refractivity (Wildman–Crippen MR) is 92.7 cm³/mol. The number of aromatic nitrogens is 1. The summed E-state index contributed by atoms with van der Waals surface area (Å²) >= 11 is 6.11. The number of nitrogens with zero attached hydrogens (tertiary/aromatic N) is 2. The Balaban J connectivity index is 1.77. The third-order valence-corrected chi connectivity index (χ3v) is 3.74. The standard InChI is InChI=1S/C18H16ClN3O2/c19-16-8-1-2-9-17(16)21-18(23)22(13-15-7-5-11-24-15)12-14-6-3-4-10-20-14/h1-11H,12-13H2,(H,21,23). The highest BCUT2D eigenvalue weighted by Crippen LogP contribution is 2.21. The molecule has 2 amide bonds. The Morgan fingerprint density at radius 1 is 1.08 bits per heavy atom. The van der Waals surface area contributed by atoms with E-state index in [4.69, 9.17) is 16.0 Å². The fourth-order valence-electron chi connectivity index (χ4n) is 2.23. The lowest BCUT2D eigenvalue weighted by Gasteiger charge is -2.22. The van der Waals surface area contributed by atoms with Crippen LogP contribution in [-0.4, -0.2) is 15.9 Å². The zero-order valence-electron chi connectivity index (χ0n) is 12.9. The molecule has 0 aliphatic carbocycles. The lowest BCUT2D eigenvalue weighted by atomic mass is 10.3. The van der Waals surface area contributed by atoms with E-state index in [-0.39, 0.29) is 6.03 Å². The number of hydrogen-bond donors (Lipinski definition) is 1. The third kappa shape index (κ3) is 4.14. The summed E-state index contributed by atoms with van der Waals surface area (Å²) in [6, 6.07) is 16.1. The van der Waals surface area contributed by atoms with Crippen LogP contribution in [0.2, 0.25) is 5.02 Å². The van der Waals surface area contributed by atoms with Crippen LogP contribution >= 0.6 is 11.6 Å². The van der Waals surface area contributed by atoms with Crippen molar-refractivity contribution in [2.45, 2.75) is 13.1 Å². The Labute approximate surface area is 144 Å². The summed E-state index contributed by atoms with van der Waals surface area (Å²) in [5, 5.41) is 3.32. The van der Waals surface area contributed by atoms with Crippen molar-refractivity contribution >= 4 is 23.3 Å². The molecule has 0 fully saturated rings. The van der Waals surface area contributed by atoms with E-state index in [1.807, 2.05) is 36.4 Å². The zero-order valence-corrected chi connectivity index (χ0v) is 13.6. The molecule has 0 aliphatic rings. The van der Waals surface area contributed by atoms with E-state index in [0.717, 1.165) is 5.69 Å². The molecular formula is C18H16ClN3O2. The van der Waals surface area contributed by atoms with Crippen LogP contribution in [0.3, 0.4) is 0 Å². The number of pyridine rings is 1. The molecule has 6 heteroatoms. The smallest absolute Gasteiger partial charge is 0.322 e. The van der Waals surface area contributed by atoms with Gasteiger partial charge in [-0.25, -0.2) is 4.79 Å². The number of halogens is 1. The van der Waals surface area contributed by atoms with Crippen molar-refractivity contribution in [1.29, 1.82) is 0 Å². The Bertz CT molecular complexity index is 791. The summed E-state index contributed by atoms with van der Waals surface area (Å²) < 4.78 is 5.36. The number of carbonyl (C=O) groups excluding carboxylic acids is 1. The quantitative estimate of drug-likeness (QED) is 0.740. The maximum Gasteiger partial charge on any atom is 0.322 e. The van der Waals surface area contributed by atoms with E-state index in [9.17, 15) is 4.79 Å². The average molecular weight is 342 g/mol. The molecule has 0 unspecified atom stereocenters. The van der Waals surface area contributed by atoms with E-state index >= 15 is 0 Å². The zero-order chi connectivity index (χ0) is 16.8. The van der Waals surface area contributed by atoms with Crippen LogP contribution in [0.1, 0.15) is 11.5 Å². The molecule has 1 aromatic carbocycles. The van der Waals surface area contributed by atoms with Gasteiger partial charge in [-0.1, -0.05) is 29.8 Å². The average Bonchev–Trinajstić information content (AvgIpc) is 3.10. The highest BCUT2D eigenvalue weighted by atomic mass is 35.5. The number of anilines is 1. The van der Waals surface area contributed by atoms with E-state index in [1.165, 1.54) is 0 Å². The second kappa shape index (κ2) is 7.66. The summed E-state index contributed by atoms with van der Waals surface area (Å²) in [5.74, 6) is 0.695. The lowest BCUT2D eigenvalue weighted by molar-refractivity contribution is 0.200. The van der Waals surface area contributed by atoms with Crippen molar-refractivity contribution in [2.75, 3.05) is 5.32 Å². The largest absolute Gasteiger partial charge is 0.467 e. The molecule has 0 saturated carbocycles. The number of hydrogen-bond acceptors (Lipinski definition) is 3. The second-order valence-corrected chi connectivity index (χ2v) is 5.57. The Morgan fingerprint density at radius 2 is 1.92 bits per heavy atom. The van der Waals surface area contributed by atoms with Gasteiger partial charge in [0.1, 0.15) is 5.76 Å². The number of rotatable bonds is 5. The summed E-state index contributed by atoms with van der Waals surface area (Å²) in [5.41, 5.74) is 1.35. The third-order valence-electron chi connectivity index (χ3n) is 3.41. The SMILES string of the molecule is O=C(Nc1ccccc1Cl)N(Cc1ccccn1)Cc1ccco1. The van der Waals surface area contributed by atoms with Gasteiger partial charge in [0.2, 0.25) is 0 Å². The van der Waals surface area contributed by atoms with Crippen LogP contribution in [0.4, 0.5) is 10.5 Å². The molecule has 5 nitrogen and oxygen atoms in total. The molecule has 24 heavy (non-hydrogen) atoms. The van der Waals surface area contributed by atoms with Gasteiger partial charge in [-0.2, -0.15) is 0 Å². The second-order valence-electron chi connectivity index (χ2n) is 5.17. The summed E-state index contributed by atoms with van der Waals surface area (Å²) in [6.07, 6.45) is 3.28. The van der Waals surface area contributed by atoms with Crippen molar-refractivity contribution in [3.8, 4) is 0 Å². The summed E-state index contributed by atoms with van der Waals surface area (Å²) in [7, 11) is 0. The van der Waals surface area contributed by atoms with E-state index < -0.39 is 0 Å². The molecule has 122 valence electrons. The van der Waals surface area contributed by atoms with Gasteiger partial charge in [0, 0.05) is 6.20 Å². The molecule has 0 radical (unpaired) electrons. The first-order valence-electron chi connectivity index (χ1n) is 7.45. The van der Waals surface area contributed by atoms with E-state index in [1.54, 1.807) is 35.6 Å². The number of para-hydroxylation sites is 1. The van der Waals surface area contributed by atoms with E-state index in [2.05, 4.69) is 10.3 Å². The molecule has 0 aliphatic heterocycles. The van der Waals surface area contributed by atoms with Gasteiger partial charge in [0.15, 0.2) is 0 Å². The van der Waals surface area contributed by atoms with Crippen molar-refractivity contribution in [3.63, 3.8) is 0 Å². The van der Waals surface area contributed by atoms with Gasteiger partial charge in [-0.15, -0.1) is 0 Å². The van der Waals surface area contributed by atoms with Crippen LogP contribution in [0, 0.1) is 0 Å². The maximum atomic E-state index is 12.7. The van der Waals surface area contributed by atoms with Gasteiger partial charge >= 0.3 is 6.03 Å². The van der Waals surface area contributed by atoms with Crippen LogP contribution in [0.25, 0.3) is 0 Å². The van der Waals surface area contributed by atoms with Crippen molar-refractivity contribution in [3.05, 3.63) is 83.5 Å². The topological polar surface area (TPSA) is 58.4 Å². The maximum absolute atomic E-state index is 12.7. The minimum absolute atomic E-state index is 0.273. The van der Waals surface area contributed by atoms with Crippen molar-refractivity contribution < 1.29 is 9.21 Å². The number of furan rings is 1. The fourth-order valence-corrected chi connectivity index (χ4v) is 2.42. The number of carbonyl (C=O) groups is 1. The van der Waals surface area contributed by atoms with Gasteiger partial charge in [0.05, 0.1) is 35.8 Å². The molecule has 3 aromatic rings. The summed E-state index contributed by atoms with van der Waals surface area (Å²) in [4.78, 5) is 18.6. The minimum Gasteiger partial charge on any atom is -0.467 e. The van der Waals surface area contributed by atoms with Gasteiger partial charge in [-0.3, -0.25) is 4.98 Å². The predicted octanol–water partition coefficient (Wildman–Crippen LogP) is 4.56. The molecule has 1 N–H and O–H groups in total. The Kier molecular flexibility index (Phi) is 5.13. The van der Waals surface area contributed by atoms with Crippen LogP contribution in [-0.2, 0) is 13.1 Å². The fraction of sp³-hybridized carbons (Fsp3) is 0.111. The molecule has 0 saturated heterocycles. The van der Waals surface area contributed by atoms with Crippen LogP contribution in [0.5, 0.6) is 0 Å². The number of benzene rings is 1. The van der Waals surface area contributed by atoms with Crippen molar-refractivity contribution in [1.82, 2.24) is 9.88 Å². The molecule has 0 spiro atoms. The molecule has 2 aromatic heterocycles. The first-order valence-corrected chi connectivity index (χ1v) is 7.83. The minimum atomic E-state index is -0.273. The normalized spacial score (nSPS) is 10.4. The van der Waals surface area contributed by atoms with Crippen LogP contribution < -0.4 is 5.32 Å². The molecule has 3 rings (SSSR count). The van der Waals surface area contributed by atoms with Gasteiger partial charge in [0.25, 0.3) is 0 Å². The highest BCUT2D eigenvalue weighted by molar-refractivity contribution is 6.33. The number of urea groups is 1. The van der Waals surface area contributed by atoms with Crippen molar-refractivity contribution in [2.24, 2.45) is 0 Å². The number of amides is 2. The Morgan fingerprint density at radius 3 is 2.62 bits per heavy atom. The molecule has 0 bridgehead atoms. The van der Waals surface area contributed by atoms with Crippen LogP contribution in [0.15, 0.2) is 71.5 Å². The Hall–Kier alpha value is -2.79.